The lowest BCUT2D eigenvalue weighted by Gasteiger charge is -2.25. The number of hydrogen-bond acceptors (Lipinski definition) is 2. The first-order valence-electron chi connectivity index (χ1n) is 6.48. The number of nitrogens with two attached hydrogens (primary N) is 1. The largest absolute Gasteiger partial charge is 0.370 e. The van der Waals surface area contributed by atoms with Crippen LogP contribution < -0.4 is 10.6 Å². The first-order valence-corrected chi connectivity index (χ1v) is 7.27. The van der Waals surface area contributed by atoms with Crippen LogP contribution in [-0.2, 0) is 6.54 Å². The number of halogens is 1. The molecule has 1 saturated carbocycles. The number of hydrogen-bond donors (Lipinski definition) is 1. The van der Waals surface area contributed by atoms with E-state index >= 15 is 0 Å². The minimum atomic E-state index is 0.606. The summed E-state index contributed by atoms with van der Waals surface area (Å²) in [6.07, 6.45) is 4.00. The quantitative estimate of drug-likeness (QED) is 0.870. The van der Waals surface area contributed by atoms with Crippen molar-refractivity contribution in [3.63, 3.8) is 0 Å². The summed E-state index contributed by atoms with van der Waals surface area (Å²) in [5.74, 6) is 0.919. The van der Waals surface area contributed by atoms with Crippen LogP contribution in [0.25, 0.3) is 0 Å². The molecular formula is C14H21BrN2. The Morgan fingerprint density at radius 1 is 1.41 bits per heavy atom. The zero-order valence-electron chi connectivity index (χ0n) is 10.5. The Labute approximate surface area is 112 Å². The molecule has 1 aromatic carbocycles. The molecule has 0 unspecified atom stereocenters. The van der Waals surface area contributed by atoms with Crippen molar-refractivity contribution in [1.82, 2.24) is 0 Å². The Morgan fingerprint density at radius 3 is 2.71 bits per heavy atom. The van der Waals surface area contributed by atoms with E-state index in [0.717, 1.165) is 12.5 Å². The summed E-state index contributed by atoms with van der Waals surface area (Å²) < 4.78 is 1.18. The van der Waals surface area contributed by atoms with Gasteiger partial charge in [-0.2, -0.15) is 0 Å². The molecule has 0 amide bonds. The molecule has 0 spiro atoms. The molecule has 1 aromatic rings. The molecule has 0 bridgehead atoms. The van der Waals surface area contributed by atoms with Crippen LogP contribution in [0.2, 0.25) is 0 Å². The molecule has 0 atom stereocenters. The summed E-state index contributed by atoms with van der Waals surface area (Å²) in [7, 11) is 0. The Bertz CT molecular complexity index is 374. The fourth-order valence-corrected chi connectivity index (χ4v) is 2.80. The number of rotatable bonds is 6. The highest BCUT2D eigenvalue weighted by atomic mass is 79.9. The first kappa shape index (κ1) is 12.9. The van der Waals surface area contributed by atoms with Crippen molar-refractivity contribution < 1.29 is 0 Å². The summed E-state index contributed by atoms with van der Waals surface area (Å²) in [5.41, 5.74) is 8.16. The van der Waals surface area contributed by atoms with Crippen LogP contribution in [0.5, 0.6) is 0 Å². The lowest BCUT2D eigenvalue weighted by atomic mass is 10.2. The molecule has 0 aromatic heterocycles. The zero-order chi connectivity index (χ0) is 12.3. The lowest BCUT2D eigenvalue weighted by Crippen LogP contribution is -2.26. The van der Waals surface area contributed by atoms with E-state index in [-0.39, 0.29) is 0 Å². The van der Waals surface area contributed by atoms with Gasteiger partial charge in [-0.05, 0) is 58.8 Å². The van der Waals surface area contributed by atoms with Gasteiger partial charge >= 0.3 is 0 Å². The van der Waals surface area contributed by atoms with E-state index in [0.29, 0.717) is 6.54 Å². The molecule has 2 rings (SSSR count). The van der Waals surface area contributed by atoms with Crippen molar-refractivity contribution >= 4 is 21.6 Å². The van der Waals surface area contributed by atoms with Gasteiger partial charge in [0.1, 0.15) is 0 Å². The monoisotopic (exact) mass is 296 g/mol. The highest BCUT2D eigenvalue weighted by Gasteiger charge is 2.24. The van der Waals surface area contributed by atoms with Crippen LogP contribution in [0.1, 0.15) is 31.7 Å². The van der Waals surface area contributed by atoms with Crippen molar-refractivity contribution in [2.45, 2.75) is 32.7 Å². The predicted molar refractivity (Wildman–Crippen MR) is 77.3 cm³/mol. The van der Waals surface area contributed by atoms with Crippen LogP contribution in [-0.4, -0.2) is 13.1 Å². The standard InChI is InChI=1S/C14H21BrN2/c1-2-7-17(10-11-3-4-11)14-6-5-12(9-16)8-13(14)15/h5-6,8,11H,2-4,7,9-10,16H2,1H3. The lowest BCUT2D eigenvalue weighted by molar-refractivity contribution is 0.707. The van der Waals surface area contributed by atoms with Crippen molar-refractivity contribution in [1.29, 1.82) is 0 Å². The SMILES string of the molecule is CCCN(CC1CC1)c1ccc(CN)cc1Br. The second kappa shape index (κ2) is 5.87. The average molecular weight is 297 g/mol. The van der Waals surface area contributed by atoms with E-state index < -0.39 is 0 Å². The molecule has 0 heterocycles. The first-order chi connectivity index (χ1) is 8.24. The minimum Gasteiger partial charge on any atom is -0.370 e. The van der Waals surface area contributed by atoms with Crippen LogP contribution in [0.3, 0.4) is 0 Å². The van der Waals surface area contributed by atoms with E-state index in [2.05, 4.69) is 46.0 Å². The van der Waals surface area contributed by atoms with Gasteiger partial charge in [-0.25, -0.2) is 0 Å². The number of nitrogens with zero attached hydrogens (tertiary/aromatic N) is 1. The van der Waals surface area contributed by atoms with Gasteiger partial charge in [0.25, 0.3) is 0 Å². The summed E-state index contributed by atoms with van der Waals surface area (Å²) in [6.45, 7) is 5.18. The van der Waals surface area contributed by atoms with Crippen LogP contribution >= 0.6 is 15.9 Å². The third-order valence-corrected chi connectivity index (χ3v) is 3.89. The molecule has 0 aliphatic heterocycles. The maximum absolute atomic E-state index is 5.66. The zero-order valence-corrected chi connectivity index (χ0v) is 12.0. The Balaban J connectivity index is 2.15. The van der Waals surface area contributed by atoms with Crippen molar-refractivity contribution in [3.8, 4) is 0 Å². The van der Waals surface area contributed by atoms with Crippen LogP contribution in [0, 0.1) is 5.92 Å². The summed E-state index contributed by atoms with van der Waals surface area (Å²) in [6, 6.07) is 6.48. The molecule has 0 radical (unpaired) electrons. The van der Waals surface area contributed by atoms with E-state index in [9.17, 15) is 0 Å². The second-order valence-electron chi connectivity index (χ2n) is 4.88. The van der Waals surface area contributed by atoms with E-state index in [1.54, 1.807) is 0 Å². The Hall–Kier alpha value is -0.540. The normalized spacial score (nSPS) is 15.0. The molecule has 3 heteroatoms. The minimum absolute atomic E-state index is 0.606. The molecule has 94 valence electrons. The highest BCUT2D eigenvalue weighted by Crippen LogP contribution is 2.34. The van der Waals surface area contributed by atoms with Gasteiger partial charge in [-0.1, -0.05) is 13.0 Å². The third kappa shape index (κ3) is 3.46. The molecule has 2 N–H and O–H groups in total. The van der Waals surface area contributed by atoms with Crippen molar-refractivity contribution in [3.05, 3.63) is 28.2 Å². The fraction of sp³-hybridized carbons (Fsp3) is 0.571. The molecule has 17 heavy (non-hydrogen) atoms. The van der Waals surface area contributed by atoms with Crippen LogP contribution in [0.15, 0.2) is 22.7 Å². The Morgan fingerprint density at radius 2 is 2.18 bits per heavy atom. The maximum Gasteiger partial charge on any atom is 0.0510 e. The van der Waals surface area contributed by atoms with Crippen molar-refractivity contribution in [2.75, 3.05) is 18.0 Å². The maximum atomic E-state index is 5.66. The molecule has 1 fully saturated rings. The topological polar surface area (TPSA) is 29.3 Å². The third-order valence-electron chi connectivity index (χ3n) is 3.26. The number of benzene rings is 1. The van der Waals surface area contributed by atoms with Gasteiger partial charge in [0.15, 0.2) is 0 Å². The van der Waals surface area contributed by atoms with E-state index in [4.69, 9.17) is 5.73 Å². The van der Waals surface area contributed by atoms with E-state index in [1.165, 1.54) is 41.5 Å². The number of anilines is 1. The Kier molecular flexibility index (Phi) is 4.46. The van der Waals surface area contributed by atoms with Gasteiger partial charge in [0.05, 0.1) is 5.69 Å². The summed E-state index contributed by atoms with van der Waals surface area (Å²) >= 11 is 3.67. The summed E-state index contributed by atoms with van der Waals surface area (Å²) in [5, 5.41) is 0. The molecule has 2 nitrogen and oxygen atoms in total. The van der Waals surface area contributed by atoms with E-state index in [1.807, 2.05) is 0 Å². The van der Waals surface area contributed by atoms with Gasteiger partial charge in [0, 0.05) is 24.1 Å². The smallest absolute Gasteiger partial charge is 0.0510 e. The molecule has 1 aliphatic rings. The average Bonchev–Trinajstić information content (AvgIpc) is 3.12. The predicted octanol–water partition coefficient (Wildman–Crippen LogP) is 3.53. The van der Waals surface area contributed by atoms with Gasteiger partial charge in [-0.15, -0.1) is 0 Å². The van der Waals surface area contributed by atoms with Gasteiger partial charge in [0.2, 0.25) is 0 Å². The van der Waals surface area contributed by atoms with Gasteiger partial charge in [-0.3, -0.25) is 0 Å². The van der Waals surface area contributed by atoms with Crippen LogP contribution in [0.4, 0.5) is 5.69 Å². The fourth-order valence-electron chi connectivity index (χ4n) is 2.13. The molecule has 0 saturated heterocycles. The van der Waals surface area contributed by atoms with Crippen molar-refractivity contribution in [2.24, 2.45) is 11.7 Å². The highest BCUT2D eigenvalue weighted by molar-refractivity contribution is 9.10. The molecule has 1 aliphatic carbocycles. The van der Waals surface area contributed by atoms with Gasteiger partial charge < -0.3 is 10.6 Å². The second-order valence-corrected chi connectivity index (χ2v) is 5.73. The molecular weight excluding hydrogens is 276 g/mol. The summed E-state index contributed by atoms with van der Waals surface area (Å²) in [4.78, 5) is 2.50.